The molecule has 0 aromatic carbocycles. The molecule has 0 rings (SSSR count). The minimum Gasteiger partial charge on any atom is -0.462 e. The first-order valence-corrected chi connectivity index (χ1v) is 27.7. The van der Waals surface area contributed by atoms with Crippen molar-refractivity contribution in [2.24, 2.45) is 11.8 Å². The lowest BCUT2D eigenvalue weighted by Crippen LogP contribution is -2.30. The van der Waals surface area contributed by atoms with Crippen molar-refractivity contribution in [2.45, 2.75) is 317 Å². The first kappa shape index (κ1) is 60.4. The molecule has 0 saturated heterocycles. The number of hydrogen-bond acceptors (Lipinski definition) is 6. The summed E-state index contributed by atoms with van der Waals surface area (Å²) in [5, 5.41) is 0. The molecule has 0 heterocycles. The third kappa shape index (κ3) is 49.4. The molecule has 0 saturated carbocycles. The van der Waals surface area contributed by atoms with Crippen LogP contribution in [-0.2, 0) is 28.6 Å². The van der Waals surface area contributed by atoms with Crippen LogP contribution in [0.4, 0.5) is 0 Å². The predicted molar refractivity (Wildman–Crippen MR) is 266 cm³/mol. The molecule has 0 aromatic rings. The van der Waals surface area contributed by atoms with E-state index in [1.54, 1.807) is 0 Å². The van der Waals surface area contributed by atoms with Gasteiger partial charge < -0.3 is 14.2 Å². The van der Waals surface area contributed by atoms with E-state index >= 15 is 0 Å². The summed E-state index contributed by atoms with van der Waals surface area (Å²) in [4.78, 5) is 38.0. The van der Waals surface area contributed by atoms with Crippen LogP contribution in [0.5, 0.6) is 0 Å². The Hall–Kier alpha value is -1.59. The maximum absolute atomic E-state index is 12.8. The number of rotatable bonds is 50. The molecule has 368 valence electrons. The zero-order chi connectivity index (χ0) is 45.4. The summed E-state index contributed by atoms with van der Waals surface area (Å²) in [6.45, 7) is 11.4. The molecule has 0 spiro atoms. The Kier molecular flexibility index (Phi) is 47.6. The van der Waals surface area contributed by atoms with Gasteiger partial charge in [0.2, 0.25) is 0 Å². The monoisotopic (exact) mass is 877 g/mol. The normalized spacial score (nSPS) is 12.0. The Morgan fingerprint density at radius 3 is 0.790 bits per heavy atom. The van der Waals surface area contributed by atoms with Crippen LogP contribution in [0.1, 0.15) is 311 Å². The number of esters is 3. The molecule has 0 fully saturated rings. The van der Waals surface area contributed by atoms with Crippen molar-refractivity contribution >= 4 is 17.9 Å². The van der Waals surface area contributed by atoms with E-state index in [1.807, 2.05) is 0 Å². The second kappa shape index (κ2) is 48.9. The van der Waals surface area contributed by atoms with E-state index in [9.17, 15) is 14.4 Å². The van der Waals surface area contributed by atoms with Gasteiger partial charge in [0, 0.05) is 19.3 Å². The number of ether oxygens (including phenoxy) is 3. The van der Waals surface area contributed by atoms with Gasteiger partial charge in [-0.2, -0.15) is 0 Å². The Balaban J connectivity index is 4.29. The van der Waals surface area contributed by atoms with Gasteiger partial charge in [-0.15, -0.1) is 0 Å². The van der Waals surface area contributed by atoms with Crippen LogP contribution in [-0.4, -0.2) is 37.2 Å². The lowest BCUT2D eigenvalue weighted by molar-refractivity contribution is -0.167. The molecule has 0 bridgehead atoms. The molecule has 62 heavy (non-hydrogen) atoms. The van der Waals surface area contributed by atoms with E-state index in [1.165, 1.54) is 199 Å². The topological polar surface area (TPSA) is 78.9 Å². The molecule has 0 aliphatic heterocycles. The molecule has 1 atom stereocenters. The molecule has 0 N–H and O–H groups in total. The fourth-order valence-corrected chi connectivity index (χ4v) is 8.52. The van der Waals surface area contributed by atoms with Gasteiger partial charge in [0.25, 0.3) is 0 Å². The van der Waals surface area contributed by atoms with Gasteiger partial charge in [-0.3, -0.25) is 14.4 Å². The first-order chi connectivity index (χ1) is 30.2. The number of unbranched alkanes of at least 4 members (excludes halogenated alkanes) is 35. The molecular weight excluding hydrogens is 769 g/mol. The van der Waals surface area contributed by atoms with Crippen LogP contribution < -0.4 is 0 Å². The summed E-state index contributed by atoms with van der Waals surface area (Å²) in [7, 11) is 0. The van der Waals surface area contributed by atoms with Crippen LogP contribution in [0, 0.1) is 11.8 Å². The number of hydrogen-bond donors (Lipinski definition) is 0. The van der Waals surface area contributed by atoms with Crippen LogP contribution in [0.25, 0.3) is 0 Å². The fraction of sp³-hybridized carbons (Fsp3) is 0.946. The van der Waals surface area contributed by atoms with Crippen LogP contribution in [0.3, 0.4) is 0 Å². The highest BCUT2D eigenvalue weighted by molar-refractivity contribution is 5.71. The van der Waals surface area contributed by atoms with Crippen molar-refractivity contribution in [1.29, 1.82) is 0 Å². The molecule has 0 unspecified atom stereocenters. The average Bonchev–Trinajstić information content (AvgIpc) is 3.24. The zero-order valence-electron chi connectivity index (χ0n) is 42.5. The van der Waals surface area contributed by atoms with Gasteiger partial charge in [0.15, 0.2) is 6.10 Å². The molecule has 0 radical (unpaired) electrons. The summed E-state index contributed by atoms with van der Waals surface area (Å²) < 4.78 is 16.9. The summed E-state index contributed by atoms with van der Waals surface area (Å²) >= 11 is 0. The Morgan fingerprint density at radius 2 is 0.532 bits per heavy atom. The largest absolute Gasteiger partial charge is 0.462 e. The summed E-state index contributed by atoms with van der Waals surface area (Å²) in [6, 6.07) is 0. The van der Waals surface area contributed by atoms with E-state index in [0.29, 0.717) is 19.3 Å². The maximum Gasteiger partial charge on any atom is 0.306 e. The molecular formula is C56H108O6. The van der Waals surface area contributed by atoms with Gasteiger partial charge in [-0.25, -0.2) is 0 Å². The minimum absolute atomic E-state index is 0.0630. The highest BCUT2D eigenvalue weighted by Crippen LogP contribution is 2.18. The van der Waals surface area contributed by atoms with Crippen LogP contribution in [0.2, 0.25) is 0 Å². The third-order valence-corrected chi connectivity index (χ3v) is 12.7. The second-order valence-electron chi connectivity index (χ2n) is 20.2. The standard InChI is InChI=1S/C56H108O6/c1-6-7-8-9-10-11-12-21-26-31-36-41-46-54(57)60-49-53(50-61-55(58)47-42-37-32-27-23-18-20-25-30-35-40-45-52(4)5)62-56(59)48-43-38-33-28-22-17-15-13-14-16-19-24-29-34-39-44-51(2)3/h51-53H,6-50H2,1-5H3/t53-/m0/s1. The van der Waals surface area contributed by atoms with Gasteiger partial charge in [0.1, 0.15) is 13.2 Å². The summed E-state index contributed by atoms with van der Waals surface area (Å²) in [5.41, 5.74) is 0. The Labute approximate surface area is 387 Å². The zero-order valence-corrected chi connectivity index (χ0v) is 42.5. The quantitative estimate of drug-likeness (QED) is 0.0344. The number of carbonyl (C=O) groups is 3. The van der Waals surface area contributed by atoms with Gasteiger partial charge in [0.05, 0.1) is 0 Å². The van der Waals surface area contributed by atoms with E-state index in [4.69, 9.17) is 14.2 Å². The molecule has 0 amide bonds. The van der Waals surface area contributed by atoms with Crippen LogP contribution in [0.15, 0.2) is 0 Å². The van der Waals surface area contributed by atoms with Gasteiger partial charge in [-0.05, 0) is 31.1 Å². The van der Waals surface area contributed by atoms with Crippen molar-refractivity contribution in [2.75, 3.05) is 13.2 Å². The van der Waals surface area contributed by atoms with E-state index in [0.717, 1.165) is 69.6 Å². The summed E-state index contributed by atoms with van der Waals surface area (Å²) in [6.07, 6.45) is 50.9. The first-order valence-electron chi connectivity index (χ1n) is 27.7. The maximum atomic E-state index is 12.8. The Morgan fingerprint density at radius 1 is 0.306 bits per heavy atom. The van der Waals surface area contributed by atoms with Crippen molar-refractivity contribution in [1.82, 2.24) is 0 Å². The van der Waals surface area contributed by atoms with E-state index in [-0.39, 0.29) is 31.1 Å². The highest BCUT2D eigenvalue weighted by Gasteiger charge is 2.19. The molecule has 6 heteroatoms. The summed E-state index contributed by atoms with van der Waals surface area (Å²) in [5.74, 6) is 0.832. The second-order valence-corrected chi connectivity index (χ2v) is 20.2. The molecule has 0 aliphatic carbocycles. The molecule has 6 nitrogen and oxygen atoms in total. The minimum atomic E-state index is -0.762. The molecule has 0 aliphatic rings. The van der Waals surface area contributed by atoms with Crippen molar-refractivity contribution < 1.29 is 28.6 Å². The van der Waals surface area contributed by atoms with Gasteiger partial charge >= 0.3 is 17.9 Å². The Bertz CT molecular complexity index is 947. The SMILES string of the molecule is CCCCCCCCCCCCCCC(=O)OC[C@@H](COC(=O)CCCCCCCCCCCCCC(C)C)OC(=O)CCCCCCCCCCCCCCCCCC(C)C. The van der Waals surface area contributed by atoms with E-state index < -0.39 is 6.10 Å². The van der Waals surface area contributed by atoms with E-state index in [2.05, 4.69) is 34.6 Å². The van der Waals surface area contributed by atoms with Crippen molar-refractivity contribution in [3.8, 4) is 0 Å². The van der Waals surface area contributed by atoms with Crippen molar-refractivity contribution in [3.63, 3.8) is 0 Å². The van der Waals surface area contributed by atoms with Crippen LogP contribution >= 0.6 is 0 Å². The fourth-order valence-electron chi connectivity index (χ4n) is 8.52. The lowest BCUT2D eigenvalue weighted by atomic mass is 10.0. The van der Waals surface area contributed by atoms with Crippen molar-refractivity contribution in [3.05, 3.63) is 0 Å². The highest BCUT2D eigenvalue weighted by atomic mass is 16.6. The molecule has 0 aromatic heterocycles. The predicted octanol–water partition coefficient (Wildman–Crippen LogP) is 18.1. The van der Waals surface area contributed by atoms with Gasteiger partial charge in [-0.1, -0.05) is 272 Å². The lowest BCUT2D eigenvalue weighted by Gasteiger charge is -2.18. The third-order valence-electron chi connectivity index (χ3n) is 12.7. The smallest absolute Gasteiger partial charge is 0.306 e. The average molecular weight is 877 g/mol. The number of carbonyl (C=O) groups excluding carboxylic acids is 3.